The van der Waals surface area contributed by atoms with E-state index in [9.17, 15) is 9.59 Å². The summed E-state index contributed by atoms with van der Waals surface area (Å²) in [6.07, 6.45) is 9.48. The number of rotatable bonds is 12. The molecule has 0 aromatic heterocycles. The Hall–Kier alpha value is -1.58. The van der Waals surface area contributed by atoms with E-state index in [1.807, 2.05) is 6.92 Å². The van der Waals surface area contributed by atoms with Crippen LogP contribution >= 0.6 is 0 Å². The van der Waals surface area contributed by atoms with Gasteiger partial charge in [-0.2, -0.15) is 0 Å². The maximum absolute atomic E-state index is 12.0. The number of ether oxygens (including phenoxy) is 2. The Balaban J connectivity index is 4.41. The number of carbonyl (C=O) groups excluding carboxylic acids is 2. The number of esters is 2. The van der Waals surface area contributed by atoms with Gasteiger partial charge in [0, 0.05) is 11.1 Å². The first-order chi connectivity index (χ1) is 11.5. The predicted octanol–water partition coefficient (Wildman–Crippen LogP) is 4.98. The molecule has 24 heavy (non-hydrogen) atoms. The van der Waals surface area contributed by atoms with E-state index in [1.165, 1.54) is 0 Å². The SMILES string of the molecule is CCCCOC(=O)C(C)=CC=C(C)C(=O)OCC(CC)CCCC. The van der Waals surface area contributed by atoms with Crippen molar-refractivity contribution in [3.05, 3.63) is 23.3 Å². The molecule has 0 aromatic rings. The van der Waals surface area contributed by atoms with Crippen molar-refractivity contribution in [1.29, 1.82) is 0 Å². The van der Waals surface area contributed by atoms with Gasteiger partial charge >= 0.3 is 11.9 Å². The van der Waals surface area contributed by atoms with E-state index in [0.717, 1.165) is 38.5 Å². The summed E-state index contributed by atoms with van der Waals surface area (Å²) in [5, 5.41) is 0. The summed E-state index contributed by atoms with van der Waals surface area (Å²) < 4.78 is 10.5. The first-order valence-electron chi connectivity index (χ1n) is 9.15. The third kappa shape index (κ3) is 10.2. The van der Waals surface area contributed by atoms with Crippen LogP contribution in [-0.4, -0.2) is 25.2 Å². The normalized spacial score (nSPS) is 13.5. The average molecular weight is 338 g/mol. The highest BCUT2D eigenvalue weighted by Gasteiger charge is 2.11. The molecule has 0 fully saturated rings. The van der Waals surface area contributed by atoms with Gasteiger partial charge in [-0.25, -0.2) is 9.59 Å². The van der Waals surface area contributed by atoms with Crippen molar-refractivity contribution in [2.24, 2.45) is 5.92 Å². The molecule has 0 bridgehead atoms. The van der Waals surface area contributed by atoms with Crippen LogP contribution in [0.3, 0.4) is 0 Å². The minimum Gasteiger partial charge on any atom is -0.462 e. The average Bonchev–Trinajstić information content (AvgIpc) is 2.59. The summed E-state index contributed by atoms with van der Waals surface area (Å²) in [4.78, 5) is 23.7. The summed E-state index contributed by atoms with van der Waals surface area (Å²) in [6.45, 7) is 10.6. The van der Waals surface area contributed by atoms with E-state index < -0.39 is 0 Å². The third-order valence-electron chi connectivity index (χ3n) is 3.95. The fraction of sp³-hybridized carbons (Fsp3) is 0.700. The molecule has 0 radical (unpaired) electrons. The second-order valence-electron chi connectivity index (χ2n) is 6.20. The van der Waals surface area contributed by atoms with Crippen molar-refractivity contribution in [3.8, 4) is 0 Å². The van der Waals surface area contributed by atoms with Gasteiger partial charge in [-0.05, 0) is 32.6 Å². The number of unbranched alkanes of at least 4 members (excludes halogenated alkanes) is 2. The lowest BCUT2D eigenvalue weighted by Gasteiger charge is -2.14. The molecular weight excluding hydrogens is 304 g/mol. The highest BCUT2D eigenvalue weighted by Crippen LogP contribution is 2.13. The molecule has 0 N–H and O–H groups in total. The van der Waals surface area contributed by atoms with Crippen LogP contribution in [0, 0.1) is 5.92 Å². The molecule has 1 atom stereocenters. The maximum atomic E-state index is 12.0. The number of carbonyl (C=O) groups is 2. The number of allylic oxidation sites excluding steroid dienone is 2. The Kier molecular flexibility index (Phi) is 12.9. The fourth-order valence-corrected chi connectivity index (χ4v) is 2.01. The smallest absolute Gasteiger partial charge is 0.333 e. The monoisotopic (exact) mass is 338 g/mol. The van der Waals surface area contributed by atoms with Gasteiger partial charge in [0.15, 0.2) is 0 Å². The van der Waals surface area contributed by atoms with Gasteiger partial charge in [-0.15, -0.1) is 0 Å². The quantitative estimate of drug-likeness (QED) is 0.218. The van der Waals surface area contributed by atoms with E-state index in [4.69, 9.17) is 9.47 Å². The molecule has 0 heterocycles. The van der Waals surface area contributed by atoms with Gasteiger partial charge in [-0.3, -0.25) is 0 Å². The number of hydrogen-bond donors (Lipinski definition) is 0. The largest absolute Gasteiger partial charge is 0.462 e. The molecule has 0 aromatic carbocycles. The molecule has 138 valence electrons. The lowest BCUT2D eigenvalue weighted by molar-refractivity contribution is -0.141. The molecular formula is C20H34O4. The number of hydrogen-bond acceptors (Lipinski definition) is 4. The lowest BCUT2D eigenvalue weighted by Crippen LogP contribution is -2.14. The Morgan fingerprint density at radius 3 is 1.92 bits per heavy atom. The van der Waals surface area contributed by atoms with Crippen molar-refractivity contribution < 1.29 is 19.1 Å². The third-order valence-corrected chi connectivity index (χ3v) is 3.95. The van der Waals surface area contributed by atoms with Crippen LogP contribution in [0.5, 0.6) is 0 Å². The molecule has 4 heteroatoms. The zero-order valence-corrected chi connectivity index (χ0v) is 16.0. The maximum Gasteiger partial charge on any atom is 0.333 e. The summed E-state index contributed by atoms with van der Waals surface area (Å²) in [5.41, 5.74) is 0.966. The van der Waals surface area contributed by atoms with Crippen molar-refractivity contribution >= 4 is 11.9 Å². The molecule has 0 aliphatic rings. The van der Waals surface area contributed by atoms with E-state index >= 15 is 0 Å². The first kappa shape index (κ1) is 22.4. The Bertz CT molecular complexity index is 435. The highest BCUT2D eigenvalue weighted by molar-refractivity contribution is 5.90. The standard InChI is InChI=1S/C20H34O4/c1-6-9-11-18(8-3)15-24-20(22)17(5)13-12-16(4)19(21)23-14-10-7-2/h12-13,18H,6-11,14-15H2,1-5H3. The van der Waals surface area contributed by atoms with Gasteiger partial charge in [0.1, 0.15) is 0 Å². The molecule has 0 aliphatic carbocycles. The minimum atomic E-state index is -0.341. The molecule has 0 saturated heterocycles. The van der Waals surface area contributed by atoms with E-state index in [0.29, 0.717) is 30.3 Å². The van der Waals surface area contributed by atoms with Gasteiger partial charge in [-0.1, -0.05) is 58.6 Å². The van der Waals surface area contributed by atoms with Crippen molar-refractivity contribution in [2.45, 2.75) is 73.1 Å². The fourth-order valence-electron chi connectivity index (χ4n) is 2.01. The van der Waals surface area contributed by atoms with Gasteiger partial charge in [0.05, 0.1) is 13.2 Å². The predicted molar refractivity (Wildman–Crippen MR) is 97.6 cm³/mol. The molecule has 0 spiro atoms. The molecule has 0 rings (SSSR count). The van der Waals surface area contributed by atoms with Crippen molar-refractivity contribution in [3.63, 3.8) is 0 Å². The van der Waals surface area contributed by atoms with Crippen molar-refractivity contribution in [2.75, 3.05) is 13.2 Å². The van der Waals surface area contributed by atoms with Crippen LogP contribution in [-0.2, 0) is 19.1 Å². The Labute approximate surface area is 147 Å². The molecule has 0 aliphatic heterocycles. The topological polar surface area (TPSA) is 52.6 Å². The zero-order valence-electron chi connectivity index (χ0n) is 16.0. The van der Waals surface area contributed by atoms with Crippen LogP contribution in [0.4, 0.5) is 0 Å². The van der Waals surface area contributed by atoms with Crippen LogP contribution < -0.4 is 0 Å². The summed E-state index contributed by atoms with van der Waals surface area (Å²) >= 11 is 0. The van der Waals surface area contributed by atoms with Gasteiger partial charge in [0.25, 0.3) is 0 Å². The highest BCUT2D eigenvalue weighted by atomic mass is 16.5. The van der Waals surface area contributed by atoms with E-state index in [2.05, 4.69) is 13.8 Å². The van der Waals surface area contributed by atoms with Crippen LogP contribution in [0.15, 0.2) is 23.3 Å². The Morgan fingerprint density at radius 1 is 0.875 bits per heavy atom. The van der Waals surface area contributed by atoms with Crippen LogP contribution in [0.2, 0.25) is 0 Å². The minimum absolute atomic E-state index is 0.326. The summed E-state index contributed by atoms with van der Waals surface area (Å²) in [6, 6.07) is 0. The van der Waals surface area contributed by atoms with E-state index in [1.54, 1.807) is 26.0 Å². The molecule has 0 amide bonds. The zero-order chi connectivity index (χ0) is 18.4. The molecule has 0 saturated carbocycles. The van der Waals surface area contributed by atoms with Crippen LogP contribution in [0.25, 0.3) is 0 Å². The Morgan fingerprint density at radius 2 is 1.42 bits per heavy atom. The molecule has 1 unspecified atom stereocenters. The van der Waals surface area contributed by atoms with E-state index in [-0.39, 0.29) is 11.9 Å². The second kappa shape index (κ2) is 13.8. The lowest BCUT2D eigenvalue weighted by atomic mass is 10.0. The molecule has 4 nitrogen and oxygen atoms in total. The summed E-state index contributed by atoms with van der Waals surface area (Å²) in [7, 11) is 0. The van der Waals surface area contributed by atoms with Crippen molar-refractivity contribution in [1.82, 2.24) is 0 Å². The second-order valence-corrected chi connectivity index (χ2v) is 6.20. The van der Waals surface area contributed by atoms with Crippen LogP contribution in [0.1, 0.15) is 73.1 Å². The summed E-state index contributed by atoms with van der Waals surface area (Å²) in [5.74, 6) is -0.243. The van der Waals surface area contributed by atoms with Gasteiger partial charge in [0.2, 0.25) is 0 Å². The van der Waals surface area contributed by atoms with Gasteiger partial charge < -0.3 is 9.47 Å². The first-order valence-corrected chi connectivity index (χ1v) is 9.15.